The summed E-state index contributed by atoms with van der Waals surface area (Å²) >= 11 is 0. The fourth-order valence-corrected chi connectivity index (χ4v) is 1.87. The minimum atomic E-state index is -1.32. The first kappa shape index (κ1) is 13.0. The molecule has 1 aromatic heterocycles. The number of anilines is 1. The van der Waals surface area contributed by atoms with Gasteiger partial charge in [0.2, 0.25) is 0 Å². The lowest BCUT2D eigenvalue weighted by Gasteiger charge is -2.17. The third kappa shape index (κ3) is 1.99. The first-order valence-corrected chi connectivity index (χ1v) is 5.43. The number of ether oxygens (including phenoxy) is 1. The van der Waals surface area contributed by atoms with Crippen LogP contribution in [-0.2, 0) is 4.74 Å². The van der Waals surface area contributed by atoms with Gasteiger partial charge >= 0.3 is 5.69 Å². The summed E-state index contributed by atoms with van der Waals surface area (Å²) in [7, 11) is 0. The number of aryl methyl sites for hydroxylation is 1. The first-order chi connectivity index (χ1) is 8.45. The van der Waals surface area contributed by atoms with Crippen molar-refractivity contribution in [1.82, 2.24) is 9.55 Å². The molecule has 18 heavy (non-hydrogen) atoms. The Hall–Kier alpha value is -1.48. The molecule has 2 rings (SSSR count). The molecule has 0 aromatic carbocycles. The molecule has 5 N–H and O–H groups in total. The molecule has 1 saturated heterocycles. The van der Waals surface area contributed by atoms with Crippen LogP contribution in [0.1, 0.15) is 11.8 Å². The Balaban J connectivity index is 2.39. The molecule has 1 fully saturated rings. The predicted molar refractivity (Wildman–Crippen MR) is 60.7 cm³/mol. The van der Waals surface area contributed by atoms with Gasteiger partial charge in [-0.25, -0.2) is 4.79 Å². The van der Waals surface area contributed by atoms with Crippen LogP contribution in [0.15, 0.2) is 11.0 Å². The highest BCUT2D eigenvalue weighted by atomic mass is 16.6. The molecule has 1 aromatic rings. The van der Waals surface area contributed by atoms with Crippen molar-refractivity contribution >= 4 is 5.82 Å². The highest BCUT2D eigenvalue weighted by Crippen LogP contribution is 2.28. The van der Waals surface area contributed by atoms with E-state index in [0.29, 0.717) is 5.56 Å². The maximum Gasteiger partial charge on any atom is 0.351 e. The number of aliphatic hydroxyl groups is 3. The smallest absolute Gasteiger partial charge is 0.351 e. The molecule has 0 amide bonds. The number of hydrogen-bond acceptors (Lipinski definition) is 7. The van der Waals surface area contributed by atoms with E-state index in [1.54, 1.807) is 6.92 Å². The van der Waals surface area contributed by atoms with Crippen LogP contribution in [0.3, 0.4) is 0 Å². The van der Waals surface area contributed by atoms with Crippen LogP contribution in [0.4, 0.5) is 5.82 Å². The average molecular weight is 257 g/mol. The highest BCUT2D eigenvalue weighted by molar-refractivity contribution is 5.35. The van der Waals surface area contributed by atoms with Gasteiger partial charge in [-0.1, -0.05) is 0 Å². The van der Waals surface area contributed by atoms with Crippen molar-refractivity contribution in [2.45, 2.75) is 31.5 Å². The Kier molecular flexibility index (Phi) is 3.35. The van der Waals surface area contributed by atoms with Crippen LogP contribution in [-0.4, -0.2) is 49.8 Å². The molecule has 0 aliphatic carbocycles. The lowest BCUT2D eigenvalue weighted by Crippen LogP contribution is -2.36. The zero-order valence-corrected chi connectivity index (χ0v) is 9.72. The molecule has 2 heterocycles. The lowest BCUT2D eigenvalue weighted by atomic mass is 10.1. The minimum absolute atomic E-state index is 0.1000. The normalized spacial score (nSPS) is 31.8. The van der Waals surface area contributed by atoms with Crippen LogP contribution in [0.5, 0.6) is 0 Å². The van der Waals surface area contributed by atoms with Gasteiger partial charge in [-0.05, 0) is 6.92 Å². The third-order valence-corrected chi connectivity index (χ3v) is 2.97. The Bertz CT molecular complexity index is 503. The number of aromatic nitrogens is 2. The van der Waals surface area contributed by atoms with Crippen molar-refractivity contribution in [1.29, 1.82) is 0 Å². The van der Waals surface area contributed by atoms with Gasteiger partial charge in [0.15, 0.2) is 6.23 Å². The monoisotopic (exact) mass is 257 g/mol. The van der Waals surface area contributed by atoms with E-state index < -0.39 is 36.8 Å². The minimum Gasteiger partial charge on any atom is -0.394 e. The Morgan fingerprint density at radius 1 is 1.50 bits per heavy atom. The van der Waals surface area contributed by atoms with E-state index >= 15 is 0 Å². The molecule has 0 saturated carbocycles. The quantitative estimate of drug-likeness (QED) is 0.470. The van der Waals surface area contributed by atoms with Crippen LogP contribution < -0.4 is 11.4 Å². The summed E-state index contributed by atoms with van der Waals surface area (Å²) in [5.74, 6) is 0.1000. The van der Waals surface area contributed by atoms with Gasteiger partial charge in [0.05, 0.1) is 6.61 Å². The predicted octanol–water partition coefficient (Wildman–Crippen LogP) is -2.25. The molecular formula is C10H15N3O5. The van der Waals surface area contributed by atoms with Crippen LogP contribution in [0.2, 0.25) is 0 Å². The van der Waals surface area contributed by atoms with E-state index in [2.05, 4.69) is 4.98 Å². The van der Waals surface area contributed by atoms with Gasteiger partial charge in [0.1, 0.15) is 24.1 Å². The molecule has 4 atom stereocenters. The number of nitrogens with two attached hydrogens (primary N) is 1. The first-order valence-electron chi connectivity index (χ1n) is 5.43. The van der Waals surface area contributed by atoms with E-state index in [-0.39, 0.29) is 5.82 Å². The largest absolute Gasteiger partial charge is 0.394 e. The topological polar surface area (TPSA) is 131 Å². The molecule has 0 bridgehead atoms. The number of hydrogen-bond donors (Lipinski definition) is 4. The second-order valence-corrected chi connectivity index (χ2v) is 4.23. The number of aliphatic hydroxyl groups excluding tert-OH is 3. The summed E-state index contributed by atoms with van der Waals surface area (Å²) < 4.78 is 6.28. The maximum absolute atomic E-state index is 11.7. The third-order valence-electron chi connectivity index (χ3n) is 2.97. The fourth-order valence-electron chi connectivity index (χ4n) is 1.87. The number of nitrogens with zero attached hydrogens (tertiary/aromatic N) is 2. The molecule has 8 nitrogen and oxygen atoms in total. The van der Waals surface area contributed by atoms with Crippen LogP contribution in [0.25, 0.3) is 0 Å². The summed E-state index contributed by atoms with van der Waals surface area (Å²) in [4.78, 5) is 15.2. The zero-order chi connectivity index (χ0) is 13.4. The zero-order valence-electron chi connectivity index (χ0n) is 9.72. The molecule has 100 valence electrons. The van der Waals surface area contributed by atoms with Crippen LogP contribution in [0, 0.1) is 6.92 Å². The van der Waals surface area contributed by atoms with Gasteiger partial charge in [-0.2, -0.15) is 4.98 Å². The fraction of sp³-hybridized carbons (Fsp3) is 0.600. The van der Waals surface area contributed by atoms with Crippen molar-refractivity contribution in [3.63, 3.8) is 0 Å². The summed E-state index contributed by atoms with van der Waals surface area (Å²) in [6.07, 6.45) is -3.20. The second-order valence-electron chi connectivity index (χ2n) is 4.23. The lowest BCUT2D eigenvalue weighted by molar-refractivity contribution is -0.0550. The standard InChI is InChI=1S/C10H15N3O5/c1-4-2-13(10(17)12-8(4)11)9-7(16)6(15)5(3-14)18-9/h2,5-7,9,14-16H,3H2,1H3,(H2,11,12,17)/t5?,6-,7+,9?/m1/s1. The highest BCUT2D eigenvalue weighted by Gasteiger charge is 2.43. The van der Waals surface area contributed by atoms with Gasteiger partial charge in [0.25, 0.3) is 0 Å². The summed E-state index contributed by atoms with van der Waals surface area (Å²) in [5.41, 5.74) is 5.35. The van der Waals surface area contributed by atoms with E-state index in [1.807, 2.05) is 0 Å². The van der Waals surface area contributed by atoms with Crippen molar-refractivity contribution in [2.75, 3.05) is 12.3 Å². The Morgan fingerprint density at radius 3 is 2.72 bits per heavy atom. The molecule has 8 heteroatoms. The molecule has 2 unspecified atom stereocenters. The van der Waals surface area contributed by atoms with Crippen LogP contribution >= 0.6 is 0 Å². The average Bonchev–Trinajstić information content (AvgIpc) is 2.61. The second kappa shape index (κ2) is 4.65. The SMILES string of the molecule is Cc1cn(C2OC(CO)[C@@H](O)[C@@H]2O)c(=O)nc1N. The van der Waals surface area contributed by atoms with E-state index in [1.165, 1.54) is 6.20 Å². The number of rotatable bonds is 2. The van der Waals surface area contributed by atoms with Gasteiger partial charge < -0.3 is 25.8 Å². The molecule has 1 aliphatic rings. The molecule has 1 aliphatic heterocycles. The molecular weight excluding hydrogens is 242 g/mol. The van der Waals surface area contributed by atoms with E-state index in [9.17, 15) is 15.0 Å². The van der Waals surface area contributed by atoms with E-state index in [0.717, 1.165) is 4.57 Å². The Morgan fingerprint density at radius 2 is 2.17 bits per heavy atom. The number of nitrogen functional groups attached to an aromatic ring is 1. The van der Waals surface area contributed by atoms with Gasteiger partial charge in [0, 0.05) is 11.8 Å². The van der Waals surface area contributed by atoms with Crippen molar-refractivity contribution in [3.8, 4) is 0 Å². The van der Waals surface area contributed by atoms with Gasteiger partial charge in [-0.15, -0.1) is 0 Å². The summed E-state index contributed by atoms with van der Waals surface area (Å²) in [6.45, 7) is 1.20. The summed E-state index contributed by atoms with van der Waals surface area (Å²) in [6, 6.07) is 0. The maximum atomic E-state index is 11.7. The molecule has 0 radical (unpaired) electrons. The summed E-state index contributed by atoms with van der Waals surface area (Å²) in [5, 5.41) is 28.4. The van der Waals surface area contributed by atoms with Crippen molar-refractivity contribution < 1.29 is 20.1 Å². The van der Waals surface area contributed by atoms with Crippen molar-refractivity contribution in [3.05, 3.63) is 22.2 Å². The van der Waals surface area contributed by atoms with E-state index in [4.69, 9.17) is 15.6 Å². The molecule has 0 spiro atoms. The van der Waals surface area contributed by atoms with Crippen molar-refractivity contribution in [2.24, 2.45) is 0 Å². The Labute approximate surface area is 102 Å². The van der Waals surface area contributed by atoms with Gasteiger partial charge in [-0.3, -0.25) is 4.57 Å².